The molecule has 0 saturated heterocycles. The molecule has 1 atom stereocenters. The molecule has 1 unspecified atom stereocenters. The highest BCUT2D eigenvalue weighted by molar-refractivity contribution is 5.38. The Morgan fingerprint density at radius 3 is 2.87 bits per heavy atom. The standard InChI is InChI=1S/C12H21N3/c1-4-6-10(2)15(3)9-11-7-5-8-14-12(11)13/h5,7-8,10H,4,6,9H2,1-3H3,(H2,13,14). The van der Waals surface area contributed by atoms with Gasteiger partial charge in [0.05, 0.1) is 0 Å². The first-order valence-corrected chi connectivity index (χ1v) is 5.54. The Morgan fingerprint density at radius 2 is 2.27 bits per heavy atom. The molecule has 3 heteroatoms. The van der Waals surface area contributed by atoms with Crippen molar-refractivity contribution in [1.82, 2.24) is 9.88 Å². The molecule has 2 N–H and O–H groups in total. The van der Waals surface area contributed by atoms with Crippen LogP contribution in [0, 0.1) is 0 Å². The third-order valence-corrected chi connectivity index (χ3v) is 2.80. The van der Waals surface area contributed by atoms with Gasteiger partial charge >= 0.3 is 0 Å². The van der Waals surface area contributed by atoms with Crippen molar-refractivity contribution in [2.24, 2.45) is 0 Å². The van der Waals surface area contributed by atoms with Gasteiger partial charge in [-0.05, 0) is 26.5 Å². The third kappa shape index (κ3) is 3.51. The second-order valence-corrected chi connectivity index (χ2v) is 4.10. The SMILES string of the molecule is CCCC(C)N(C)Cc1cccnc1N. The fourth-order valence-corrected chi connectivity index (χ4v) is 1.65. The summed E-state index contributed by atoms with van der Waals surface area (Å²) in [7, 11) is 2.13. The largest absolute Gasteiger partial charge is 0.383 e. The van der Waals surface area contributed by atoms with Crippen LogP contribution in [0.1, 0.15) is 32.3 Å². The lowest BCUT2D eigenvalue weighted by Gasteiger charge is -2.24. The zero-order valence-electron chi connectivity index (χ0n) is 9.90. The Bertz CT molecular complexity index is 299. The van der Waals surface area contributed by atoms with Crippen LogP contribution in [0.5, 0.6) is 0 Å². The van der Waals surface area contributed by atoms with Crippen LogP contribution in [-0.2, 0) is 6.54 Å². The molecule has 1 heterocycles. The lowest BCUT2D eigenvalue weighted by Crippen LogP contribution is -2.28. The molecule has 0 spiro atoms. The molecule has 0 saturated carbocycles. The molecule has 0 aromatic carbocycles. The van der Waals surface area contributed by atoms with Gasteiger partial charge in [0.2, 0.25) is 0 Å². The molecule has 0 fully saturated rings. The highest BCUT2D eigenvalue weighted by atomic mass is 15.1. The summed E-state index contributed by atoms with van der Waals surface area (Å²) in [4.78, 5) is 6.40. The number of hydrogen-bond acceptors (Lipinski definition) is 3. The molecule has 15 heavy (non-hydrogen) atoms. The van der Waals surface area contributed by atoms with Crippen LogP contribution in [-0.4, -0.2) is 23.0 Å². The number of rotatable bonds is 5. The quantitative estimate of drug-likeness (QED) is 0.805. The van der Waals surface area contributed by atoms with Gasteiger partial charge < -0.3 is 5.73 Å². The minimum absolute atomic E-state index is 0.592. The first-order valence-electron chi connectivity index (χ1n) is 5.54. The molecule has 1 rings (SSSR count). The van der Waals surface area contributed by atoms with Gasteiger partial charge in [0.1, 0.15) is 5.82 Å². The van der Waals surface area contributed by atoms with Gasteiger partial charge in [0, 0.05) is 24.3 Å². The number of aromatic nitrogens is 1. The van der Waals surface area contributed by atoms with Crippen molar-refractivity contribution < 1.29 is 0 Å². The highest BCUT2D eigenvalue weighted by Crippen LogP contribution is 2.13. The van der Waals surface area contributed by atoms with Crippen LogP contribution in [0.4, 0.5) is 5.82 Å². The molecule has 1 aromatic rings. The van der Waals surface area contributed by atoms with Gasteiger partial charge in [0.25, 0.3) is 0 Å². The smallest absolute Gasteiger partial charge is 0.127 e. The molecule has 0 aliphatic heterocycles. The zero-order chi connectivity index (χ0) is 11.3. The van der Waals surface area contributed by atoms with Crippen LogP contribution in [0.3, 0.4) is 0 Å². The summed E-state index contributed by atoms with van der Waals surface area (Å²) in [6, 6.07) is 4.57. The number of anilines is 1. The van der Waals surface area contributed by atoms with Gasteiger partial charge in [-0.3, -0.25) is 4.90 Å². The van der Waals surface area contributed by atoms with E-state index < -0.39 is 0 Å². The van der Waals surface area contributed by atoms with Crippen molar-refractivity contribution in [3.05, 3.63) is 23.9 Å². The molecule has 0 amide bonds. The van der Waals surface area contributed by atoms with E-state index in [-0.39, 0.29) is 0 Å². The molecule has 0 aliphatic rings. The van der Waals surface area contributed by atoms with E-state index in [4.69, 9.17) is 5.73 Å². The van der Waals surface area contributed by atoms with Gasteiger partial charge in [-0.2, -0.15) is 0 Å². The number of nitrogens with two attached hydrogens (primary N) is 1. The Labute approximate surface area is 92.3 Å². The van der Waals surface area contributed by atoms with E-state index in [1.165, 1.54) is 12.8 Å². The Kier molecular flexibility index (Phi) is 4.56. The summed E-state index contributed by atoms with van der Waals surface area (Å²) in [5, 5.41) is 0. The van der Waals surface area contributed by atoms with Crippen LogP contribution < -0.4 is 5.73 Å². The van der Waals surface area contributed by atoms with Crippen molar-refractivity contribution in [2.45, 2.75) is 39.3 Å². The van der Waals surface area contributed by atoms with Crippen molar-refractivity contribution in [2.75, 3.05) is 12.8 Å². The monoisotopic (exact) mass is 207 g/mol. The molecular weight excluding hydrogens is 186 g/mol. The van der Waals surface area contributed by atoms with Gasteiger partial charge in [-0.25, -0.2) is 4.98 Å². The molecular formula is C12H21N3. The van der Waals surface area contributed by atoms with E-state index in [0.717, 1.165) is 12.1 Å². The molecule has 0 radical (unpaired) electrons. The average molecular weight is 207 g/mol. The number of hydrogen-bond donors (Lipinski definition) is 1. The summed E-state index contributed by atoms with van der Waals surface area (Å²) < 4.78 is 0. The van der Waals surface area contributed by atoms with Gasteiger partial charge in [-0.15, -0.1) is 0 Å². The van der Waals surface area contributed by atoms with Crippen LogP contribution in [0.25, 0.3) is 0 Å². The topological polar surface area (TPSA) is 42.2 Å². The van der Waals surface area contributed by atoms with E-state index in [0.29, 0.717) is 11.9 Å². The minimum atomic E-state index is 0.592. The van der Waals surface area contributed by atoms with Gasteiger partial charge in [-0.1, -0.05) is 19.4 Å². The summed E-state index contributed by atoms with van der Waals surface area (Å²) in [5.41, 5.74) is 6.92. The maximum absolute atomic E-state index is 5.81. The van der Waals surface area contributed by atoms with E-state index in [1.54, 1.807) is 6.20 Å². The Morgan fingerprint density at radius 1 is 1.53 bits per heavy atom. The van der Waals surface area contributed by atoms with E-state index in [1.807, 2.05) is 12.1 Å². The fraction of sp³-hybridized carbons (Fsp3) is 0.583. The normalized spacial score (nSPS) is 13.1. The maximum atomic E-state index is 5.81. The number of pyridine rings is 1. The van der Waals surface area contributed by atoms with E-state index in [2.05, 4.69) is 30.8 Å². The lowest BCUT2D eigenvalue weighted by molar-refractivity contribution is 0.237. The highest BCUT2D eigenvalue weighted by Gasteiger charge is 2.09. The number of nitrogen functional groups attached to an aromatic ring is 1. The first kappa shape index (κ1) is 12.0. The van der Waals surface area contributed by atoms with Crippen LogP contribution in [0.2, 0.25) is 0 Å². The van der Waals surface area contributed by atoms with Crippen molar-refractivity contribution in [3.63, 3.8) is 0 Å². The summed E-state index contributed by atoms with van der Waals surface area (Å²) >= 11 is 0. The third-order valence-electron chi connectivity index (χ3n) is 2.80. The molecule has 0 bridgehead atoms. The van der Waals surface area contributed by atoms with Crippen LogP contribution >= 0.6 is 0 Å². The average Bonchev–Trinajstić information content (AvgIpc) is 2.21. The predicted molar refractivity (Wildman–Crippen MR) is 64.5 cm³/mol. The molecule has 1 aromatic heterocycles. The van der Waals surface area contributed by atoms with Gasteiger partial charge in [0.15, 0.2) is 0 Å². The second-order valence-electron chi connectivity index (χ2n) is 4.10. The molecule has 3 nitrogen and oxygen atoms in total. The molecule has 84 valence electrons. The van der Waals surface area contributed by atoms with E-state index >= 15 is 0 Å². The summed E-state index contributed by atoms with van der Waals surface area (Å²) in [5.74, 6) is 0.646. The van der Waals surface area contributed by atoms with Crippen molar-refractivity contribution in [3.8, 4) is 0 Å². The van der Waals surface area contributed by atoms with Crippen LogP contribution in [0.15, 0.2) is 18.3 Å². The fourth-order valence-electron chi connectivity index (χ4n) is 1.65. The first-order chi connectivity index (χ1) is 7.15. The minimum Gasteiger partial charge on any atom is -0.383 e. The van der Waals surface area contributed by atoms with Crippen molar-refractivity contribution >= 4 is 5.82 Å². The predicted octanol–water partition coefficient (Wildman–Crippen LogP) is 2.28. The maximum Gasteiger partial charge on any atom is 0.127 e. The zero-order valence-corrected chi connectivity index (χ0v) is 9.90. The Balaban J connectivity index is 2.58. The lowest BCUT2D eigenvalue weighted by atomic mass is 10.1. The number of nitrogens with zero attached hydrogens (tertiary/aromatic N) is 2. The molecule has 0 aliphatic carbocycles. The Hall–Kier alpha value is -1.09. The summed E-state index contributed by atoms with van der Waals surface area (Å²) in [6.07, 6.45) is 4.17. The van der Waals surface area contributed by atoms with E-state index in [9.17, 15) is 0 Å². The van der Waals surface area contributed by atoms with Crippen molar-refractivity contribution in [1.29, 1.82) is 0 Å². The summed E-state index contributed by atoms with van der Waals surface area (Å²) in [6.45, 7) is 5.33. The second kappa shape index (κ2) is 5.71.